The molecule has 2 amide bonds. The number of rotatable bonds is 4. The summed E-state index contributed by atoms with van der Waals surface area (Å²) in [7, 11) is 0. The zero-order chi connectivity index (χ0) is 19.7. The summed E-state index contributed by atoms with van der Waals surface area (Å²) in [5.74, 6) is 1.09. The van der Waals surface area contributed by atoms with Crippen molar-refractivity contribution >= 4 is 23.3 Å². The summed E-state index contributed by atoms with van der Waals surface area (Å²) in [6.45, 7) is 3.53. The number of furan rings is 2. The van der Waals surface area contributed by atoms with Gasteiger partial charge in [0.15, 0.2) is 17.3 Å². The van der Waals surface area contributed by atoms with Gasteiger partial charge in [0, 0.05) is 23.6 Å². The highest BCUT2D eigenvalue weighted by atomic mass is 16.5. The normalized spacial score (nSPS) is 14.7. The van der Waals surface area contributed by atoms with E-state index in [1.807, 2.05) is 0 Å². The molecule has 9 heteroatoms. The van der Waals surface area contributed by atoms with E-state index in [4.69, 9.17) is 13.4 Å². The fourth-order valence-electron chi connectivity index (χ4n) is 3.18. The standard InChI is InChI=1S/C19H18N4O5/c1-10-9-15(23-28-10)20-19(25)17-11(2)16-12(5-3-6-13(16)27-17)21-22-18(24)14-7-4-8-26-14/h4,7-9H,3,5-6H2,1-2H3,(H,22,24)(H,20,23,25)/b21-12+. The van der Waals surface area contributed by atoms with Crippen LogP contribution < -0.4 is 10.7 Å². The third-order valence-corrected chi connectivity index (χ3v) is 4.44. The Morgan fingerprint density at radius 1 is 1.21 bits per heavy atom. The number of hydrazone groups is 1. The lowest BCUT2D eigenvalue weighted by Gasteiger charge is -2.13. The molecule has 0 bridgehead atoms. The summed E-state index contributed by atoms with van der Waals surface area (Å²) in [5, 5.41) is 10.6. The average Bonchev–Trinajstić information content (AvgIpc) is 3.41. The Kier molecular flexibility index (Phi) is 4.56. The zero-order valence-corrected chi connectivity index (χ0v) is 15.4. The van der Waals surface area contributed by atoms with E-state index in [1.54, 1.807) is 32.0 Å². The summed E-state index contributed by atoms with van der Waals surface area (Å²) in [4.78, 5) is 24.6. The number of fused-ring (bicyclic) bond motifs is 1. The number of nitrogens with one attached hydrogen (secondary N) is 2. The van der Waals surface area contributed by atoms with Crippen molar-refractivity contribution < 1.29 is 22.9 Å². The molecule has 0 fully saturated rings. The van der Waals surface area contributed by atoms with E-state index in [0.29, 0.717) is 41.5 Å². The van der Waals surface area contributed by atoms with Crippen molar-refractivity contribution in [3.05, 3.63) is 58.6 Å². The van der Waals surface area contributed by atoms with Gasteiger partial charge < -0.3 is 18.7 Å². The van der Waals surface area contributed by atoms with E-state index in [1.165, 1.54) is 6.26 Å². The van der Waals surface area contributed by atoms with Crippen molar-refractivity contribution in [3.8, 4) is 0 Å². The van der Waals surface area contributed by atoms with Gasteiger partial charge >= 0.3 is 5.91 Å². The summed E-state index contributed by atoms with van der Waals surface area (Å²) < 4.78 is 15.8. The van der Waals surface area contributed by atoms with Crippen LogP contribution in [0.1, 0.15) is 56.6 Å². The molecule has 2 N–H and O–H groups in total. The molecular formula is C19H18N4O5. The molecule has 3 aromatic heterocycles. The number of aromatic nitrogens is 1. The number of carbonyl (C=O) groups is 2. The monoisotopic (exact) mass is 382 g/mol. The van der Waals surface area contributed by atoms with Crippen molar-refractivity contribution in [3.63, 3.8) is 0 Å². The maximum absolute atomic E-state index is 12.6. The molecule has 1 aliphatic rings. The van der Waals surface area contributed by atoms with Gasteiger partial charge in [0.05, 0.1) is 12.0 Å². The smallest absolute Gasteiger partial charge is 0.307 e. The average molecular weight is 382 g/mol. The number of amides is 2. The Morgan fingerprint density at radius 2 is 2.07 bits per heavy atom. The van der Waals surface area contributed by atoms with Crippen LogP contribution in [-0.2, 0) is 6.42 Å². The van der Waals surface area contributed by atoms with E-state index >= 15 is 0 Å². The van der Waals surface area contributed by atoms with Gasteiger partial charge in [-0.2, -0.15) is 5.10 Å². The second-order valence-electron chi connectivity index (χ2n) is 6.46. The number of hydrogen-bond acceptors (Lipinski definition) is 7. The van der Waals surface area contributed by atoms with E-state index in [-0.39, 0.29) is 11.5 Å². The van der Waals surface area contributed by atoms with Gasteiger partial charge in [-0.15, -0.1) is 0 Å². The predicted octanol–water partition coefficient (Wildman–Crippen LogP) is 3.20. The fourth-order valence-corrected chi connectivity index (χ4v) is 3.18. The largest absolute Gasteiger partial charge is 0.459 e. The lowest BCUT2D eigenvalue weighted by Crippen LogP contribution is -2.21. The minimum Gasteiger partial charge on any atom is -0.459 e. The summed E-state index contributed by atoms with van der Waals surface area (Å²) in [6, 6.07) is 4.80. The number of anilines is 1. The lowest BCUT2D eigenvalue weighted by molar-refractivity contribution is 0.0926. The Bertz CT molecular complexity index is 1060. The number of nitrogens with zero attached hydrogens (tertiary/aromatic N) is 2. The molecule has 9 nitrogen and oxygen atoms in total. The summed E-state index contributed by atoms with van der Waals surface area (Å²) >= 11 is 0. The van der Waals surface area contributed by atoms with Crippen molar-refractivity contribution in [1.29, 1.82) is 0 Å². The molecule has 0 spiro atoms. The number of hydrogen-bond donors (Lipinski definition) is 2. The molecule has 4 rings (SSSR count). The lowest BCUT2D eigenvalue weighted by atomic mass is 9.93. The fraction of sp³-hybridized carbons (Fsp3) is 0.263. The van der Waals surface area contributed by atoms with E-state index in [2.05, 4.69) is 21.0 Å². The molecule has 0 radical (unpaired) electrons. The Morgan fingerprint density at radius 3 is 2.79 bits per heavy atom. The van der Waals surface area contributed by atoms with Crippen LogP contribution in [0.4, 0.5) is 5.82 Å². The number of carbonyl (C=O) groups excluding carboxylic acids is 2. The third-order valence-electron chi connectivity index (χ3n) is 4.44. The van der Waals surface area contributed by atoms with Gasteiger partial charge in [-0.1, -0.05) is 5.16 Å². The van der Waals surface area contributed by atoms with Crippen molar-refractivity contribution in [2.75, 3.05) is 5.32 Å². The van der Waals surface area contributed by atoms with E-state index < -0.39 is 11.8 Å². The van der Waals surface area contributed by atoms with Crippen LogP contribution in [0.5, 0.6) is 0 Å². The highest BCUT2D eigenvalue weighted by Gasteiger charge is 2.28. The first kappa shape index (κ1) is 17.8. The second-order valence-corrected chi connectivity index (χ2v) is 6.46. The molecule has 0 aromatic carbocycles. The Hall–Kier alpha value is -3.62. The van der Waals surface area contributed by atoms with Crippen LogP contribution in [0.15, 0.2) is 42.9 Å². The SMILES string of the molecule is Cc1cc(NC(=O)c2oc3c(c2C)/C(=N/NC(=O)c2ccco2)CCC3)no1. The van der Waals surface area contributed by atoms with E-state index in [0.717, 1.165) is 12.0 Å². The molecule has 3 aromatic rings. The zero-order valence-electron chi connectivity index (χ0n) is 15.4. The van der Waals surface area contributed by atoms with Gasteiger partial charge in [0.2, 0.25) is 0 Å². The van der Waals surface area contributed by atoms with Crippen LogP contribution in [0.2, 0.25) is 0 Å². The van der Waals surface area contributed by atoms with Crippen LogP contribution in [0, 0.1) is 13.8 Å². The molecule has 0 saturated heterocycles. The minimum atomic E-state index is -0.440. The molecule has 144 valence electrons. The first-order valence-electron chi connectivity index (χ1n) is 8.80. The molecular weight excluding hydrogens is 364 g/mol. The minimum absolute atomic E-state index is 0.173. The van der Waals surface area contributed by atoms with Crippen molar-refractivity contribution in [1.82, 2.24) is 10.6 Å². The summed E-state index contributed by atoms with van der Waals surface area (Å²) in [6.07, 6.45) is 3.58. The summed E-state index contributed by atoms with van der Waals surface area (Å²) in [5.41, 5.74) is 4.58. The second kappa shape index (κ2) is 7.18. The predicted molar refractivity (Wildman–Crippen MR) is 98.3 cm³/mol. The maximum atomic E-state index is 12.6. The molecule has 0 aliphatic heterocycles. The maximum Gasteiger partial charge on any atom is 0.307 e. The molecule has 28 heavy (non-hydrogen) atoms. The van der Waals surface area contributed by atoms with Crippen LogP contribution in [0.25, 0.3) is 0 Å². The highest BCUT2D eigenvalue weighted by molar-refractivity contribution is 6.09. The van der Waals surface area contributed by atoms with Gasteiger partial charge in [0.1, 0.15) is 11.5 Å². The quantitative estimate of drug-likeness (QED) is 0.668. The first-order chi connectivity index (χ1) is 13.5. The van der Waals surface area contributed by atoms with Gasteiger partial charge in [-0.05, 0) is 38.8 Å². The van der Waals surface area contributed by atoms with Crippen LogP contribution >= 0.6 is 0 Å². The molecule has 3 heterocycles. The Labute approximate surface area is 159 Å². The van der Waals surface area contributed by atoms with Crippen LogP contribution in [-0.4, -0.2) is 22.7 Å². The first-order valence-corrected chi connectivity index (χ1v) is 8.80. The third kappa shape index (κ3) is 3.34. The molecule has 0 saturated carbocycles. The molecule has 0 atom stereocenters. The topological polar surface area (TPSA) is 123 Å². The molecule has 1 aliphatic carbocycles. The van der Waals surface area contributed by atoms with E-state index in [9.17, 15) is 9.59 Å². The highest BCUT2D eigenvalue weighted by Crippen LogP contribution is 2.30. The van der Waals surface area contributed by atoms with Crippen LogP contribution in [0.3, 0.4) is 0 Å². The van der Waals surface area contributed by atoms with Crippen molar-refractivity contribution in [2.24, 2.45) is 5.10 Å². The number of aryl methyl sites for hydroxylation is 2. The molecule has 0 unspecified atom stereocenters. The van der Waals surface area contributed by atoms with Gasteiger partial charge in [0.25, 0.3) is 5.91 Å². The van der Waals surface area contributed by atoms with Gasteiger partial charge in [-0.25, -0.2) is 5.43 Å². The van der Waals surface area contributed by atoms with Gasteiger partial charge in [-0.3, -0.25) is 9.59 Å². The Balaban J connectivity index is 1.58. The van der Waals surface area contributed by atoms with Crippen molar-refractivity contribution in [2.45, 2.75) is 33.1 Å².